The number of rotatable bonds is 8. The molecule has 0 saturated carbocycles. The van der Waals surface area contributed by atoms with Gasteiger partial charge >= 0.3 is 0 Å². The molecule has 2 amide bonds. The number of ether oxygens (including phenoxy) is 2. The van der Waals surface area contributed by atoms with Crippen LogP contribution in [0.25, 0.3) is 0 Å². The molecule has 0 saturated heterocycles. The molecule has 1 aliphatic rings. The van der Waals surface area contributed by atoms with E-state index in [-0.39, 0.29) is 24.4 Å². The Hall–Kier alpha value is -2.82. The van der Waals surface area contributed by atoms with Gasteiger partial charge in [-0.05, 0) is 36.8 Å². The molecule has 0 aliphatic carbocycles. The van der Waals surface area contributed by atoms with Crippen molar-refractivity contribution in [1.29, 1.82) is 0 Å². The number of carbonyl (C=O) groups is 2. The zero-order chi connectivity index (χ0) is 23.1. The summed E-state index contributed by atoms with van der Waals surface area (Å²) in [5, 5.41) is 5.64. The van der Waals surface area contributed by atoms with Crippen molar-refractivity contribution in [1.82, 2.24) is 10.0 Å². The van der Waals surface area contributed by atoms with E-state index >= 15 is 0 Å². The Morgan fingerprint density at radius 3 is 2.59 bits per heavy atom. The second-order valence-electron chi connectivity index (χ2n) is 7.04. The molecule has 172 valence electrons. The molecule has 3 rings (SSSR count). The van der Waals surface area contributed by atoms with Gasteiger partial charge in [0.2, 0.25) is 21.8 Å². The molecule has 0 radical (unpaired) electrons. The van der Waals surface area contributed by atoms with Crippen molar-refractivity contribution in [3.8, 4) is 11.5 Å². The van der Waals surface area contributed by atoms with Crippen molar-refractivity contribution in [3.05, 3.63) is 47.0 Å². The van der Waals surface area contributed by atoms with Gasteiger partial charge in [0, 0.05) is 36.2 Å². The number of anilines is 1. The normalized spacial score (nSPS) is 13.2. The third-order valence-corrected chi connectivity index (χ3v) is 6.53. The third kappa shape index (κ3) is 6.35. The fourth-order valence-corrected chi connectivity index (χ4v) is 4.12. The van der Waals surface area contributed by atoms with Gasteiger partial charge in [-0.2, -0.15) is 0 Å². The van der Waals surface area contributed by atoms with E-state index < -0.39 is 21.8 Å². The first-order chi connectivity index (χ1) is 15.3. The Balaban J connectivity index is 1.45. The molecule has 3 N–H and O–H groups in total. The predicted molar refractivity (Wildman–Crippen MR) is 120 cm³/mol. The van der Waals surface area contributed by atoms with Crippen LogP contribution in [0.15, 0.2) is 41.3 Å². The van der Waals surface area contributed by atoms with Gasteiger partial charge in [-0.25, -0.2) is 13.1 Å². The average Bonchev–Trinajstić information content (AvgIpc) is 3.00. The minimum absolute atomic E-state index is 0.0124. The van der Waals surface area contributed by atoms with E-state index in [4.69, 9.17) is 21.1 Å². The van der Waals surface area contributed by atoms with Crippen LogP contribution in [-0.4, -0.2) is 46.5 Å². The van der Waals surface area contributed by atoms with Gasteiger partial charge < -0.3 is 20.1 Å². The summed E-state index contributed by atoms with van der Waals surface area (Å²) >= 11 is 6.01. The predicted octanol–water partition coefficient (Wildman–Crippen LogP) is 2.23. The molecule has 0 aromatic heterocycles. The molecule has 0 atom stereocenters. The lowest BCUT2D eigenvalue weighted by Crippen LogP contribution is -2.35. The summed E-state index contributed by atoms with van der Waals surface area (Å²) in [5.41, 5.74) is 1.28. The van der Waals surface area contributed by atoms with Crippen LogP contribution < -0.4 is 24.8 Å². The van der Waals surface area contributed by atoms with E-state index in [0.717, 1.165) is 5.56 Å². The number of nitrogens with one attached hydrogen (secondary N) is 3. The van der Waals surface area contributed by atoms with E-state index in [1.807, 2.05) is 0 Å². The molecule has 1 aliphatic heterocycles. The number of hydrogen-bond donors (Lipinski definition) is 3. The highest BCUT2D eigenvalue weighted by Gasteiger charge is 2.19. The number of sulfonamides is 1. The quantitative estimate of drug-likeness (QED) is 0.531. The number of benzene rings is 2. The molecule has 9 nitrogen and oxygen atoms in total. The molecule has 32 heavy (non-hydrogen) atoms. The van der Waals surface area contributed by atoms with Crippen molar-refractivity contribution in [2.75, 3.05) is 31.6 Å². The number of amides is 2. The summed E-state index contributed by atoms with van der Waals surface area (Å²) in [6.07, 6.45) is 0.577. The van der Waals surface area contributed by atoms with Crippen LogP contribution >= 0.6 is 11.6 Å². The zero-order valence-corrected chi connectivity index (χ0v) is 19.0. The van der Waals surface area contributed by atoms with E-state index in [9.17, 15) is 18.0 Å². The summed E-state index contributed by atoms with van der Waals surface area (Å²) in [6, 6.07) is 9.47. The van der Waals surface area contributed by atoms with Crippen LogP contribution in [0.4, 0.5) is 5.69 Å². The van der Waals surface area contributed by atoms with Gasteiger partial charge in [0.05, 0.1) is 24.7 Å². The molecule has 0 bridgehead atoms. The third-order valence-electron chi connectivity index (χ3n) is 4.66. The molecule has 2 aromatic rings. The minimum Gasteiger partial charge on any atom is -0.490 e. The summed E-state index contributed by atoms with van der Waals surface area (Å²) in [7, 11) is -3.84. The van der Waals surface area contributed by atoms with Crippen LogP contribution in [0, 0.1) is 6.92 Å². The summed E-state index contributed by atoms with van der Waals surface area (Å²) in [6.45, 7) is 2.33. The molecule has 0 spiro atoms. The maximum atomic E-state index is 12.5. The maximum Gasteiger partial charge on any atom is 0.243 e. The van der Waals surface area contributed by atoms with Crippen molar-refractivity contribution < 1.29 is 27.5 Å². The van der Waals surface area contributed by atoms with Gasteiger partial charge in [0.1, 0.15) is 0 Å². The number of fused-ring (bicyclic) bond motifs is 1. The topological polar surface area (TPSA) is 123 Å². The SMILES string of the molecule is Cc1c(Cl)cccc1NC(=O)CNC(=O)CCNS(=O)(=O)c1ccc2c(c1)OCCCO2. The van der Waals surface area contributed by atoms with E-state index in [0.29, 0.717) is 41.8 Å². The summed E-state index contributed by atoms with van der Waals surface area (Å²) in [5.74, 6) is -0.0306. The first-order valence-corrected chi connectivity index (χ1v) is 11.8. The highest BCUT2D eigenvalue weighted by Crippen LogP contribution is 2.31. The fraction of sp³-hybridized carbons (Fsp3) is 0.333. The Bertz CT molecular complexity index is 1110. The summed E-state index contributed by atoms with van der Waals surface area (Å²) in [4.78, 5) is 24.0. The van der Waals surface area contributed by atoms with Crippen LogP contribution in [0.1, 0.15) is 18.4 Å². The lowest BCUT2D eigenvalue weighted by atomic mass is 10.2. The molecular formula is C21H24ClN3O6S. The smallest absolute Gasteiger partial charge is 0.243 e. The second kappa shape index (κ2) is 10.7. The van der Waals surface area contributed by atoms with Crippen LogP contribution in [0.5, 0.6) is 11.5 Å². The van der Waals surface area contributed by atoms with Gasteiger partial charge in [-0.15, -0.1) is 0 Å². The van der Waals surface area contributed by atoms with E-state index in [2.05, 4.69) is 15.4 Å². The second-order valence-corrected chi connectivity index (χ2v) is 9.22. The molecular weight excluding hydrogens is 458 g/mol. The van der Waals surface area contributed by atoms with Gasteiger partial charge in [0.15, 0.2) is 11.5 Å². The Labute approximate surface area is 191 Å². The van der Waals surface area contributed by atoms with Gasteiger partial charge in [-0.3, -0.25) is 9.59 Å². The van der Waals surface area contributed by atoms with Crippen LogP contribution in [0.2, 0.25) is 5.02 Å². The average molecular weight is 482 g/mol. The van der Waals surface area contributed by atoms with Crippen LogP contribution in [-0.2, 0) is 19.6 Å². The summed E-state index contributed by atoms with van der Waals surface area (Å²) < 4.78 is 38.4. The first-order valence-electron chi connectivity index (χ1n) is 9.97. The Kier molecular flexibility index (Phi) is 7.94. The number of carbonyl (C=O) groups excluding carboxylic acids is 2. The highest BCUT2D eigenvalue weighted by molar-refractivity contribution is 7.89. The lowest BCUT2D eigenvalue weighted by molar-refractivity contribution is -0.124. The minimum atomic E-state index is -3.84. The van der Waals surface area contributed by atoms with Gasteiger partial charge in [-0.1, -0.05) is 17.7 Å². The molecule has 0 fully saturated rings. The monoisotopic (exact) mass is 481 g/mol. The highest BCUT2D eigenvalue weighted by atomic mass is 35.5. The van der Waals surface area contributed by atoms with Crippen molar-refractivity contribution >= 4 is 39.1 Å². The molecule has 1 heterocycles. The lowest BCUT2D eigenvalue weighted by Gasteiger charge is -2.11. The molecule has 11 heteroatoms. The van der Waals surface area contributed by atoms with Crippen molar-refractivity contribution in [3.63, 3.8) is 0 Å². The number of hydrogen-bond acceptors (Lipinski definition) is 6. The van der Waals surface area contributed by atoms with E-state index in [1.54, 1.807) is 31.2 Å². The molecule has 0 unspecified atom stereocenters. The largest absolute Gasteiger partial charge is 0.490 e. The standard InChI is InChI=1S/C21H24ClN3O6S/c1-14-16(22)4-2-5-17(14)25-21(27)13-23-20(26)8-9-24-32(28,29)15-6-7-18-19(12-15)31-11-3-10-30-18/h2,4-7,12,24H,3,8-11,13H2,1H3,(H,23,26)(H,25,27). The van der Waals surface area contributed by atoms with E-state index in [1.165, 1.54) is 12.1 Å². The molecule has 2 aromatic carbocycles. The van der Waals surface area contributed by atoms with Crippen molar-refractivity contribution in [2.24, 2.45) is 0 Å². The van der Waals surface area contributed by atoms with Crippen molar-refractivity contribution in [2.45, 2.75) is 24.7 Å². The first kappa shape index (κ1) is 23.8. The zero-order valence-electron chi connectivity index (χ0n) is 17.4. The number of halogens is 1. The van der Waals surface area contributed by atoms with Gasteiger partial charge in [0.25, 0.3) is 0 Å². The van der Waals surface area contributed by atoms with Crippen LogP contribution in [0.3, 0.4) is 0 Å². The Morgan fingerprint density at radius 1 is 1.06 bits per heavy atom. The fourth-order valence-electron chi connectivity index (χ4n) is 2.90. The maximum absolute atomic E-state index is 12.5. The Morgan fingerprint density at radius 2 is 1.81 bits per heavy atom.